The van der Waals surface area contributed by atoms with Crippen LogP contribution in [0.25, 0.3) is 27.2 Å². The number of ether oxygens (including phenoxy) is 1. The number of rotatable bonds is 7. The predicted octanol–water partition coefficient (Wildman–Crippen LogP) is 7.87. The number of nitrogens with one attached hydrogen (secondary N) is 1. The molecule has 2 atom stereocenters. The number of aryl methyl sites for hydroxylation is 1. The fraction of sp³-hybridized carbons (Fsp3) is 0.344. The molecular weight excluding hydrogens is 446 g/mol. The minimum absolute atomic E-state index is 0.104. The molecule has 0 aliphatic heterocycles. The van der Waals surface area contributed by atoms with Gasteiger partial charge in [0.25, 0.3) is 0 Å². The normalized spacial score (nSPS) is 22.3. The molecule has 0 saturated heterocycles. The van der Waals surface area contributed by atoms with E-state index in [1.165, 1.54) is 18.4 Å². The number of benzene rings is 3. The van der Waals surface area contributed by atoms with Crippen LogP contribution in [0.15, 0.2) is 66.7 Å². The number of H-pyrrole nitrogens is 1. The van der Waals surface area contributed by atoms with E-state index in [9.17, 15) is 9.90 Å². The van der Waals surface area contributed by atoms with Gasteiger partial charge in [-0.25, -0.2) is 4.79 Å². The molecule has 2 aliphatic carbocycles. The molecule has 2 N–H and O–H groups in total. The summed E-state index contributed by atoms with van der Waals surface area (Å²) in [6.07, 6.45) is 6.24. The van der Waals surface area contributed by atoms with Crippen molar-refractivity contribution in [1.29, 1.82) is 0 Å². The molecule has 1 fully saturated rings. The van der Waals surface area contributed by atoms with Gasteiger partial charge in [0.05, 0.1) is 12.1 Å². The van der Waals surface area contributed by atoms with E-state index in [1.807, 2.05) is 24.3 Å². The number of para-hydroxylation sites is 1. The predicted molar refractivity (Wildman–Crippen MR) is 146 cm³/mol. The van der Waals surface area contributed by atoms with Crippen molar-refractivity contribution in [2.45, 2.75) is 46.5 Å². The lowest BCUT2D eigenvalue weighted by Crippen LogP contribution is -2.29. The fourth-order valence-electron chi connectivity index (χ4n) is 6.77. The summed E-state index contributed by atoms with van der Waals surface area (Å²) in [6, 6.07) is 20.6. The van der Waals surface area contributed by atoms with E-state index in [4.69, 9.17) is 4.74 Å². The third kappa shape index (κ3) is 3.31. The lowest BCUT2D eigenvalue weighted by Gasteiger charge is -2.37. The molecule has 6 rings (SSSR count). The second-order valence-corrected chi connectivity index (χ2v) is 11.2. The molecule has 4 aromatic rings. The van der Waals surface area contributed by atoms with Gasteiger partial charge in [-0.15, -0.1) is 0 Å². The maximum atomic E-state index is 12.2. The molecule has 4 heteroatoms. The molecular formula is C32H33NO3. The Morgan fingerprint density at radius 2 is 1.78 bits per heavy atom. The van der Waals surface area contributed by atoms with Gasteiger partial charge in [-0.05, 0) is 65.0 Å². The zero-order valence-corrected chi connectivity index (χ0v) is 21.2. The number of allylic oxidation sites excluding steroid dienone is 2. The first-order chi connectivity index (χ1) is 17.3. The van der Waals surface area contributed by atoms with Crippen LogP contribution in [0, 0.1) is 16.7 Å². The molecule has 1 aromatic heterocycles. The highest BCUT2D eigenvalue weighted by Crippen LogP contribution is 2.67. The molecule has 184 valence electrons. The molecule has 0 unspecified atom stereocenters. The Kier molecular flexibility index (Phi) is 5.26. The van der Waals surface area contributed by atoms with Gasteiger partial charge in [-0.1, -0.05) is 81.4 Å². The molecule has 4 nitrogen and oxygen atoms in total. The Hall–Kier alpha value is -3.53. The van der Waals surface area contributed by atoms with Crippen molar-refractivity contribution in [2.75, 3.05) is 6.61 Å². The average molecular weight is 480 g/mol. The fourth-order valence-corrected chi connectivity index (χ4v) is 6.77. The maximum Gasteiger partial charge on any atom is 0.352 e. The number of aromatic amines is 1. The summed E-state index contributed by atoms with van der Waals surface area (Å²) in [7, 11) is 0. The highest BCUT2D eigenvalue weighted by atomic mass is 16.5. The monoisotopic (exact) mass is 479 g/mol. The van der Waals surface area contributed by atoms with E-state index in [-0.39, 0.29) is 10.8 Å². The van der Waals surface area contributed by atoms with E-state index in [2.05, 4.69) is 68.2 Å². The van der Waals surface area contributed by atoms with Gasteiger partial charge in [0.1, 0.15) is 11.4 Å². The van der Waals surface area contributed by atoms with Crippen molar-refractivity contribution < 1.29 is 14.6 Å². The minimum atomic E-state index is -0.907. The van der Waals surface area contributed by atoms with Crippen molar-refractivity contribution in [1.82, 2.24) is 4.98 Å². The Bertz CT molecular complexity index is 1520. The lowest BCUT2D eigenvalue weighted by atomic mass is 9.66. The molecule has 2 aliphatic rings. The number of fused-ring (bicyclic) bond motifs is 4. The van der Waals surface area contributed by atoms with Crippen molar-refractivity contribution in [3.63, 3.8) is 0 Å². The van der Waals surface area contributed by atoms with Gasteiger partial charge in [0.2, 0.25) is 0 Å². The van der Waals surface area contributed by atoms with Crippen LogP contribution in [0.2, 0.25) is 0 Å². The minimum Gasteiger partial charge on any atom is -0.493 e. The van der Waals surface area contributed by atoms with E-state index >= 15 is 0 Å². The molecule has 2 bridgehead atoms. The third-order valence-corrected chi connectivity index (χ3v) is 9.29. The van der Waals surface area contributed by atoms with E-state index in [0.717, 1.165) is 45.0 Å². The van der Waals surface area contributed by atoms with Crippen LogP contribution in [0.4, 0.5) is 0 Å². The summed E-state index contributed by atoms with van der Waals surface area (Å²) < 4.78 is 6.14. The highest BCUT2D eigenvalue weighted by Gasteiger charge is 2.57. The Balaban J connectivity index is 1.29. The molecule has 0 amide bonds. The number of hydrogen-bond acceptors (Lipinski definition) is 2. The zero-order chi connectivity index (χ0) is 25.1. The first-order valence-corrected chi connectivity index (χ1v) is 13.0. The summed E-state index contributed by atoms with van der Waals surface area (Å²) in [5, 5.41) is 13.3. The first-order valence-electron chi connectivity index (χ1n) is 13.0. The third-order valence-electron chi connectivity index (χ3n) is 9.29. The summed E-state index contributed by atoms with van der Waals surface area (Å²) in [5.74, 6) is 0.537. The van der Waals surface area contributed by atoms with Crippen molar-refractivity contribution in [2.24, 2.45) is 16.7 Å². The molecule has 36 heavy (non-hydrogen) atoms. The SMILES string of the molecule is CC1(C)[C@H]2C=C(c3cccc4c(CCCOc5cccc6ccccc56)c(C(=O)O)[nH]c34)[C@]1(C)CC2. The Labute approximate surface area is 212 Å². The number of hydrogen-bond donors (Lipinski definition) is 2. The highest BCUT2D eigenvalue weighted by molar-refractivity contribution is 6.02. The lowest BCUT2D eigenvalue weighted by molar-refractivity contribution is 0.0690. The number of carboxylic acid groups (broad SMARTS) is 1. The van der Waals surface area contributed by atoms with Crippen LogP contribution in [0.1, 0.15) is 61.6 Å². The van der Waals surface area contributed by atoms with E-state index in [1.54, 1.807) is 0 Å². The molecule has 3 aromatic carbocycles. The van der Waals surface area contributed by atoms with Gasteiger partial charge < -0.3 is 14.8 Å². The van der Waals surface area contributed by atoms with Crippen molar-refractivity contribution in [3.8, 4) is 5.75 Å². The maximum absolute atomic E-state index is 12.2. The zero-order valence-electron chi connectivity index (χ0n) is 21.2. The summed E-state index contributed by atoms with van der Waals surface area (Å²) in [6.45, 7) is 7.68. The quantitative estimate of drug-likeness (QED) is 0.265. The van der Waals surface area contributed by atoms with Crippen LogP contribution in [-0.2, 0) is 6.42 Å². The molecule has 1 heterocycles. The standard InChI is InChI=1S/C32H33NO3/c1-31(2)21-16-17-32(31,3)26(19-21)25-13-7-12-23-24(29(30(34)35)33-28(23)25)14-8-18-36-27-15-6-10-20-9-4-5-11-22(20)27/h4-7,9-13,15,19,21,33H,8,14,16-18H2,1-3H3,(H,34,35)/t21-,32+/m1/s1. The summed E-state index contributed by atoms with van der Waals surface area (Å²) in [5.41, 5.74) is 4.98. The number of carboxylic acids is 1. The van der Waals surface area contributed by atoms with Crippen molar-refractivity contribution >= 4 is 33.2 Å². The van der Waals surface area contributed by atoms with Gasteiger partial charge >= 0.3 is 5.97 Å². The number of carbonyl (C=O) groups is 1. The average Bonchev–Trinajstić information content (AvgIpc) is 3.42. The smallest absolute Gasteiger partial charge is 0.352 e. The second-order valence-electron chi connectivity index (χ2n) is 11.2. The number of aromatic carboxylic acids is 1. The molecule has 0 spiro atoms. The van der Waals surface area contributed by atoms with E-state index < -0.39 is 5.97 Å². The molecule has 1 saturated carbocycles. The van der Waals surface area contributed by atoms with E-state index in [0.29, 0.717) is 24.6 Å². The first kappa shape index (κ1) is 22.9. The number of aromatic nitrogens is 1. The van der Waals surface area contributed by atoms with Crippen molar-refractivity contribution in [3.05, 3.63) is 83.6 Å². The summed E-state index contributed by atoms with van der Waals surface area (Å²) >= 11 is 0. The Morgan fingerprint density at radius 3 is 2.53 bits per heavy atom. The second kappa shape index (κ2) is 8.26. The van der Waals surface area contributed by atoms with Gasteiger partial charge in [0, 0.05) is 16.3 Å². The van der Waals surface area contributed by atoms with Crippen LogP contribution in [0.3, 0.4) is 0 Å². The van der Waals surface area contributed by atoms with Gasteiger partial charge in [-0.2, -0.15) is 0 Å². The van der Waals surface area contributed by atoms with Gasteiger partial charge in [-0.3, -0.25) is 0 Å². The van der Waals surface area contributed by atoms with Crippen LogP contribution < -0.4 is 4.74 Å². The van der Waals surface area contributed by atoms with Crippen LogP contribution in [-0.4, -0.2) is 22.7 Å². The van der Waals surface area contributed by atoms with Crippen LogP contribution >= 0.6 is 0 Å². The molecule has 0 radical (unpaired) electrons. The largest absolute Gasteiger partial charge is 0.493 e. The summed E-state index contributed by atoms with van der Waals surface area (Å²) in [4.78, 5) is 15.6. The Morgan fingerprint density at radius 1 is 1.03 bits per heavy atom. The van der Waals surface area contributed by atoms with Gasteiger partial charge in [0.15, 0.2) is 0 Å². The topological polar surface area (TPSA) is 62.3 Å². The van der Waals surface area contributed by atoms with Crippen LogP contribution in [0.5, 0.6) is 5.75 Å².